The Balaban J connectivity index is 1.14. The Kier molecular flexibility index (Phi) is 9.29. The molecule has 12 heteroatoms. The van der Waals surface area contributed by atoms with Crippen LogP contribution in [0.4, 0.5) is 17.6 Å². The number of hydrogen-bond donors (Lipinski definition) is 2. The minimum atomic E-state index is -4.16. The first-order valence-electron chi connectivity index (χ1n) is 12.6. The van der Waals surface area contributed by atoms with Crippen molar-refractivity contribution in [1.82, 2.24) is 19.5 Å². The molecule has 0 atom stereocenters. The summed E-state index contributed by atoms with van der Waals surface area (Å²) in [5, 5.41) is 0.798. The molecule has 0 bridgehead atoms. The number of H-pyrrole nitrogens is 1. The number of piperazine rings is 1. The molecule has 7 nitrogen and oxygen atoms in total. The maximum Gasteiger partial charge on any atom is 0.401 e. The number of sulfonamides is 1. The SMILES string of the molecule is O=S(=O)(NCCCc1c[nH]c2ccc(F)cc12)c1ccc(OCCCN2CCN(CC(F)(F)F)CC2)cc1. The second-order valence-corrected chi connectivity index (χ2v) is 11.2. The highest BCUT2D eigenvalue weighted by molar-refractivity contribution is 7.89. The zero-order valence-electron chi connectivity index (χ0n) is 20.9. The minimum absolute atomic E-state index is 0.135. The Morgan fingerprint density at radius 1 is 0.974 bits per heavy atom. The molecule has 3 aromatic rings. The minimum Gasteiger partial charge on any atom is -0.494 e. The van der Waals surface area contributed by atoms with Crippen LogP contribution in [-0.2, 0) is 16.4 Å². The fourth-order valence-electron chi connectivity index (χ4n) is 4.54. The molecule has 2 heterocycles. The van der Waals surface area contributed by atoms with Crippen LogP contribution in [0, 0.1) is 5.82 Å². The van der Waals surface area contributed by atoms with Crippen molar-refractivity contribution in [2.75, 3.05) is 52.4 Å². The number of nitrogens with one attached hydrogen (secondary N) is 2. The number of hydrogen-bond acceptors (Lipinski definition) is 5. The predicted molar refractivity (Wildman–Crippen MR) is 137 cm³/mol. The van der Waals surface area contributed by atoms with Gasteiger partial charge in [-0.15, -0.1) is 0 Å². The van der Waals surface area contributed by atoms with Gasteiger partial charge in [0, 0.05) is 56.4 Å². The Bertz CT molecular complexity index is 1290. The molecule has 1 saturated heterocycles. The summed E-state index contributed by atoms with van der Waals surface area (Å²) >= 11 is 0. The molecule has 1 fully saturated rings. The van der Waals surface area contributed by atoms with Crippen molar-refractivity contribution in [3.63, 3.8) is 0 Å². The van der Waals surface area contributed by atoms with Crippen LogP contribution in [0.25, 0.3) is 10.9 Å². The van der Waals surface area contributed by atoms with E-state index in [9.17, 15) is 26.0 Å². The summed E-state index contributed by atoms with van der Waals surface area (Å²) in [4.78, 5) is 6.77. The van der Waals surface area contributed by atoms with Crippen molar-refractivity contribution >= 4 is 20.9 Å². The summed E-state index contributed by atoms with van der Waals surface area (Å²) in [6.07, 6.45) is -0.481. The number of fused-ring (bicyclic) bond motifs is 1. The lowest BCUT2D eigenvalue weighted by atomic mass is 10.1. The Hall–Kier alpha value is -2.67. The van der Waals surface area contributed by atoms with E-state index in [4.69, 9.17) is 4.74 Å². The molecular weight excluding hydrogens is 524 g/mol. The van der Waals surface area contributed by atoms with Crippen LogP contribution in [0.3, 0.4) is 0 Å². The molecule has 1 aliphatic rings. The number of nitrogens with zero attached hydrogens (tertiary/aromatic N) is 2. The first kappa shape index (κ1) is 28.3. The van der Waals surface area contributed by atoms with Crippen molar-refractivity contribution in [3.05, 3.63) is 60.0 Å². The molecule has 0 spiro atoms. The van der Waals surface area contributed by atoms with Gasteiger partial charge in [0.1, 0.15) is 11.6 Å². The topological polar surface area (TPSA) is 77.7 Å². The van der Waals surface area contributed by atoms with E-state index >= 15 is 0 Å². The van der Waals surface area contributed by atoms with E-state index in [1.807, 2.05) is 6.20 Å². The zero-order chi connectivity index (χ0) is 27.2. The molecule has 4 rings (SSSR count). The van der Waals surface area contributed by atoms with Crippen molar-refractivity contribution in [1.29, 1.82) is 0 Å². The molecule has 0 saturated carbocycles. The summed E-state index contributed by atoms with van der Waals surface area (Å²) in [6.45, 7) is 2.51. The summed E-state index contributed by atoms with van der Waals surface area (Å²) in [5.41, 5.74) is 1.77. The van der Waals surface area contributed by atoms with Crippen molar-refractivity contribution < 1.29 is 30.7 Å². The lowest BCUT2D eigenvalue weighted by Gasteiger charge is -2.34. The summed E-state index contributed by atoms with van der Waals surface area (Å²) in [7, 11) is -3.68. The smallest absolute Gasteiger partial charge is 0.401 e. The first-order valence-corrected chi connectivity index (χ1v) is 14.1. The quantitative estimate of drug-likeness (QED) is 0.259. The lowest BCUT2D eigenvalue weighted by Crippen LogP contribution is -2.49. The molecule has 38 heavy (non-hydrogen) atoms. The number of aromatic nitrogens is 1. The van der Waals surface area contributed by atoms with Gasteiger partial charge in [0.2, 0.25) is 10.0 Å². The normalized spacial score (nSPS) is 15.8. The van der Waals surface area contributed by atoms with Gasteiger partial charge in [0.05, 0.1) is 18.0 Å². The maximum atomic E-state index is 13.5. The fourth-order valence-corrected chi connectivity index (χ4v) is 5.62. The number of alkyl halides is 3. The van der Waals surface area contributed by atoms with Gasteiger partial charge in [-0.3, -0.25) is 4.90 Å². The molecule has 0 aliphatic carbocycles. The average molecular weight is 557 g/mol. The van der Waals surface area contributed by atoms with Crippen molar-refractivity contribution in [2.24, 2.45) is 0 Å². The zero-order valence-corrected chi connectivity index (χ0v) is 21.8. The van der Waals surface area contributed by atoms with Crippen LogP contribution in [0.15, 0.2) is 53.6 Å². The molecular formula is C26H32F4N4O3S. The summed E-state index contributed by atoms with van der Waals surface area (Å²) in [5.74, 6) is 0.235. The third-order valence-electron chi connectivity index (χ3n) is 6.53. The van der Waals surface area contributed by atoms with Crippen LogP contribution >= 0.6 is 0 Å². The van der Waals surface area contributed by atoms with Gasteiger partial charge >= 0.3 is 6.18 Å². The number of aryl methyl sites for hydroxylation is 1. The third kappa shape index (κ3) is 8.16. The molecule has 208 valence electrons. The van der Waals surface area contributed by atoms with Gasteiger partial charge < -0.3 is 14.6 Å². The largest absolute Gasteiger partial charge is 0.494 e. The lowest BCUT2D eigenvalue weighted by molar-refractivity contribution is -0.149. The molecule has 1 aliphatic heterocycles. The van der Waals surface area contributed by atoms with Gasteiger partial charge in [0.25, 0.3) is 0 Å². The molecule has 0 radical (unpaired) electrons. The van der Waals surface area contributed by atoms with E-state index in [0.717, 1.165) is 23.0 Å². The third-order valence-corrected chi connectivity index (χ3v) is 8.01. The van der Waals surface area contributed by atoms with E-state index in [0.29, 0.717) is 57.8 Å². The van der Waals surface area contributed by atoms with Gasteiger partial charge in [-0.25, -0.2) is 17.5 Å². The van der Waals surface area contributed by atoms with Crippen LogP contribution < -0.4 is 9.46 Å². The molecule has 0 unspecified atom stereocenters. The molecule has 2 N–H and O–H groups in total. The highest BCUT2D eigenvalue weighted by Gasteiger charge is 2.32. The Morgan fingerprint density at radius 2 is 1.68 bits per heavy atom. The van der Waals surface area contributed by atoms with E-state index in [1.165, 1.54) is 29.2 Å². The Morgan fingerprint density at radius 3 is 2.39 bits per heavy atom. The van der Waals surface area contributed by atoms with E-state index in [1.54, 1.807) is 18.2 Å². The first-order chi connectivity index (χ1) is 18.1. The monoisotopic (exact) mass is 556 g/mol. The highest BCUT2D eigenvalue weighted by Crippen LogP contribution is 2.21. The Labute approximate surface area is 219 Å². The number of aromatic amines is 1. The van der Waals surface area contributed by atoms with Crippen LogP contribution in [0.2, 0.25) is 0 Å². The van der Waals surface area contributed by atoms with E-state index < -0.39 is 22.7 Å². The highest BCUT2D eigenvalue weighted by atomic mass is 32.2. The average Bonchev–Trinajstić information content (AvgIpc) is 3.27. The number of halogens is 4. The van der Waals surface area contributed by atoms with Gasteiger partial charge in [0.15, 0.2) is 0 Å². The van der Waals surface area contributed by atoms with Crippen molar-refractivity contribution in [3.8, 4) is 5.75 Å². The number of ether oxygens (including phenoxy) is 1. The summed E-state index contributed by atoms with van der Waals surface area (Å²) < 4.78 is 84.5. The second-order valence-electron chi connectivity index (χ2n) is 9.41. The molecule has 0 amide bonds. The van der Waals surface area contributed by atoms with E-state index in [2.05, 4.69) is 14.6 Å². The second kappa shape index (κ2) is 12.5. The number of rotatable bonds is 12. The van der Waals surface area contributed by atoms with Crippen molar-refractivity contribution in [2.45, 2.75) is 30.3 Å². The fraction of sp³-hybridized carbons (Fsp3) is 0.462. The molecule has 2 aromatic carbocycles. The van der Waals surface area contributed by atoms with Crippen LogP contribution in [0.1, 0.15) is 18.4 Å². The van der Waals surface area contributed by atoms with Gasteiger partial charge in [-0.05, 0) is 67.3 Å². The maximum absolute atomic E-state index is 13.5. The molecule has 1 aromatic heterocycles. The van der Waals surface area contributed by atoms with E-state index in [-0.39, 0.29) is 17.3 Å². The number of benzene rings is 2. The standard InChI is InChI=1S/C26H32F4N4O3S/c27-21-4-9-25-24(17-21)20(18-31-25)3-1-10-32-38(35,36)23-7-5-22(6-8-23)37-16-2-11-33-12-14-34(15-13-33)19-26(28,29)30/h4-9,17-18,31-32H,1-3,10-16,19H2. The van der Waals surface area contributed by atoms with Gasteiger partial charge in [-0.2, -0.15) is 13.2 Å². The van der Waals surface area contributed by atoms with Gasteiger partial charge in [-0.1, -0.05) is 0 Å². The summed E-state index contributed by atoms with van der Waals surface area (Å²) in [6, 6.07) is 10.7. The van der Waals surface area contributed by atoms with Crippen LogP contribution in [0.5, 0.6) is 5.75 Å². The predicted octanol–water partition coefficient (Wildman–Crippen LogP) is 4.17. The van der Waals surface area contributed by atoms with Crippen LogP contribution in [-0.4, -0.2) is 81.8 Å².